The van der Waals surface area contributed by atoms with Crippen LogP contribution in [0.1, 0.15) is 149 Å². The van der Waals surface area contributed by atoms with Crippen LogP contribution in [0.3, 0.4) is 0 Å². The maximum absolute atomic E-state index is 12.7. The fourth-order valence-electron chi connectivity index (χ4n) is 5.62. The highest BCUT2D eigenvalue weighted by atomic mass is 16.6. The van der Waals surface area contributed by atoms with Crippen LogP contribution in [0, 0.1) is 0 Å². The lowest BCUT2D eigenvalue weighted by atomic mass is 10.0. The van der Waals surface area contributed by atoms with Crippen molar-refractivity contribution in [3.8, 4) is 0 Å². The third kappa shape index (κ3) is 32.9. The molecule has 0 bridgehead atoms. The number of likely N-dealkylation sites (N-methyl/N-ethyl adjacent to an activating group) is 1. The van der Waals surface area contributed by atoms with E-state index < -0.39 is 18.1 Å². The summed E-state index contributed by atoms with van der Waals surface area (Å²) in [6.07, 6.45) is 41.0. The van der Waals surface area contributed by atoms with Crippen molar-refractivity contribution in [1.29, 1.82) is 0 Å². The average molecular weight is 730 g/mol. The van der Waals surface area contributed by atoms with Crippen molar-refractivity contribution in [2.24, 2.45) is 0 Å². The number of esters is 2. The van der Waals surface area contributed by atoms with Gasteiger partial charge in [0.25, 0.3) is 0 Å². The van der Waals surface area contributed by atoms with Crippen LogP contribution in [0.25, 0.3) is 0 Å². The second kappa shape index (κ2) is 35.1. The zero-order valence-electron chi connectivity index (χ0n) is 33.7. The summed E-state index contributed by atoms with van der Waals surface area (Å²) >= 11 is 0. The van der Waals surface area contributed by atoms with E-state index in [0.29, 0.717) is 12.8 Å². The van der Waals surface area contributed by atoms with E-state index in [1.165, 1.54) is 64.2 Å². The number of hydrogen-bond acceptors (Lipinski definition) is 7. The van der Waals surface area contributed by atoms with Crippen LogP contribution in [-0.4, -0.2) is 75.5 Å². The highest BCUT2D eigenvalue weighted by Gasteiger charge is 2.25. The molecule has 0 saturated heterocycles. The van der Waals surface area contributed by atoms with Gasteiger partial charge in [0.1, 0.15) is 12.6 Å². The largest absolute Gasteiger partial charge is 0.544 e. The zero-order chi connectivity index (χ0) is 38.5. The first-order valence-corrected chi connectivity index (χ1v) is 20.4. The maximum atomic E-state index is 12.7. The Morgan fingerprint density at radius 2 is 1.08 bits per heavy atom. The molecule has 0 fully saturated rings. The lowest BCUT2D eigenvalue weighted by molar-refractivity contribution is -0.889. The summed E-state index contributed by atoms with van der Waals surface area (Å²) in [6, 6.07) is -0.732. The zero-order valence-corrected chi connectivity index (χ0v) is 33.7. The molecule has 0 aliphatic rings. The van der Waals surface area contributed by atoms with E-state index in [9.17, 15) is 19.5 Å². The van der Waals surface area contributed by atoms with Crippen LogP contribution in [0.15, 0.2) is 60.8 Å². The number of ether oxygens (including phenoxy) is 3. The molecule has 0 aromatic carbocycles. The van der Waals surface area contributed by atoms with E-state index in [-0.39, 0.29) is 42.7 Å². The number of allylic oxidation sites excluding steroid dienone is 10. The minimum atomic E-state index is -1.13. The van der Waals surface area contributed by atoms with Gasteiger partial charge in [-0.05, 0) is 32.1 Å². The summed E-state index contributed by atoms with van der Waals surface area (Å²) < 4.78 is 17.1. The molecule has 8 heteroatoms. The van der Waals surface area contributed by atoms with Gasteiger partial charge in [-0.15, -0.1) is 0 Å². The number of quaternary nitrogens is 1. The third-order valence-corrected chi connectivity index (χ3v) is 8.80. The minimum Gasteiger partial charge on any atom is -0.544 e. The van der Waals surface area contributed by atoms with Gasteiger partial charge in [-0.2, -0.15) is 0 Å². The summed E-state index contributed by atoms with van der Waals surface area (Å²) in [6.45, 7) is 4.46. The lowest BCUT2D eigenvalue weighted by Gasteiger charge is -2.34. The van der Waals surface area contributed by atoms with Gasteiger partial charge in [0, 0.05) is 19.3 Å². The molecule has 0 aliphatic heterocycles. The Hall–Kier alpha value is -2.97. The summed E-state index contributed by atoms with van der Waals surface area (Å²) in [5.74, 6) is -1.79. The molecule has 298 valence electrons. The van der Waals surface area contributed by atoms with Crippen molar-refractivity contribution in [1.82, 2.24) is 0 Å². The monoisotopic (exact) mass is 730 g/mol. The second-order valence-corrected chi connectivity index (χ2v) is 14.6. The number of carboxylic acid groups (broad SMARTS) is 1. The summed E-state index contributed by atoms with van der Waals surface area (Å²) in [5.41, 5.74) is 0. The predicted octanol–water partition coefficient (Wildman–Crippen LogP) is 9.30. The first kappa shape index (κ1) is 49.0. The summed E-state index contributed by atoms with van der Waals surface area (Å²) in [5, 5.41) is 11.6. The molecule has 0 aromatic rings. The van der Waals surface area contributed by atoms with E-state index in [4.69, 9.17) is 14.2 Å². The molecule has 0 radical (unpaired) electrons. The van der Waals surface area contributed by atoms with Crippen LogP contribution in [-0.2, 0) is 28.6 Å². The Bertz CT molecular complexity index is 1040. The molecule has 0 amide bonds. The molecule has 8 nitrogen and oxygen atoms in total. The Balaban J connectivity index is 4.48. The Morgan fingerprint density at radius 1 is 0.596 bits per heavy atom. The average Bonchev–Trinajstić information content (AvgIpc) is 3.09. The number of carboxylic acids is 1. The van der Waals surface area contributed by atoms with E-state index in [0.717, 1.165) is 51.4 Å². The molecule has 2 atom stereocenters. The lowest BCUT2D eigenvalue weighted by Crippen LogP contribution is -2.55. The smallest absolute Gasteiger partial charge is 0.306 e. The van der Waals surface area contributed by atoms with Crippen molar-refractivity contribution in [2.75, 3.05) is 41.0 Å². The van der Waals surface area contributed by atoms with Gasteiger partial charge in [0.2, 0.25) is 0 Å². The van der Waals surface area contributed by atoms with Crippen molar-refractivity contribution < 1.29 is 38.2 Å². The Morgan fingerprint density at radius 3 is 1.60 bits per heavy atom. The van der Waals surface area contributed by atoms with Crippen LogP contribution >= 0.6 is 0 Å². The van der Waals surface area contributed by atoms with Gasteiger partial charge in [-0.1, -0.05) is 158 Å². The maximum Gasteiger partial charge on any atom is 0.306 e. The van der Waals surface area contributed by atoms with Gasteiger partial charge in [0.15, 0.2) is 6.10 Å². The number of nitrogens with zero attached hydrogens (tertiary/aromatic N) is 1. The Labute approximate surface area is 318 Å². The number of hydrogen-bond donors (Lipinski definition) is 0. The van der Waals surface area contributed by atoms with Crippen LogP contribution in [0.5, 0.6) is 0 Å². The van der Waals surface area contributed by atoms with E-state index >= 15 is 0 Å². The number of carbonyl (C=O) groups is 3. The highest BCUT2D eigenvalue weighted by Crippen LogP contribution is 2.14. The molecule has 52 heavy (non-hydrogen) atoms. The summed E-state index contributed by atoms with van der Waals surface area (Å²) in [7, 11) is 5.38. The number of unbranched alkanes of at least 4 members (excludes halogenated alkanes) is 15. The quantitative estimate of drug-likeness (QED) is 0.0277. The first-order valence-electron chi connectivity index (χ1n) is 20.4. The second-order valence-electron chi connectivity index (χ2n) is 14.6. The molecule has 0 spiro atoms. The molecular formula is C44H75NO7. The molecular weight excluding hydrogens is 654 g/mol. The fourth-order valence-corrected chi connectivity index (χ4v) is 5.62. The van der Waals surface area contributed by atoms with Gasteiger partial charge >= 0.3 is 11.9 Å². The minimum absolute atomic E-state index is 0.0259. The fraction of sp³-hybridized carbons (Fsp3) is 0.705. The van der Waals surface area contributed by atoms with Crippen LogP contribution in [0.4, 0.5) is 0 Å². The Kier molecular flexibility index (Phi) is 33.1. The number of rotatable bonds is 35. The number of carbonyl (C=O) groups excluding carboxylic acids is 3. The van der Waals surface area contributed by atoms with E-state index in [2.05, 4.69) is 26.0 Å². The molecule has 0 heterocycles. The SMILES string of the molecule is CC/C=C/C=C/C=C/C=C/C=C/CCCCCC(=O)OCC(COCCC(C(=O)[O-])[N+](C)(C)C)OC(=O)CCCCCCCCCCCCCCC. The molecule has 2 unspecified atom stereocenters. The normalized spacial score (nSPS) is 13.6. The number of aliphatic carboxylic acids is 1. The van der Waals surface area contributed by atoms with Crippen LogP contribution < -0.4 is 5.11 Å². The molecule has 0 aliphatic carbocycles. The van der Waals surface area contributed by atoms with Crippen molar-refractivity contribution in [3.05, 3.63) is 60.8 Å². The van der Waals surface area contributed by atoms with Gasteiger partial charge in [0.05, 0.1) is 40.3 Å². The molecule has 0 aromatic heterocycles. The third-order valence-electron chi connectivity index (χ3n) is 8.80. The van der Waals surface area contributed by atoms with Crippen LogP contribution in [0.2, 0.25) is 0 Å². The highest BCUT2D eigenvalue weighted by molar-refractivity contribution is 5.70. The molecule has 0 N–H and O–H groups in total. The van der Waals surface area contributed by atoms with Crippen molar-refractivity contribution in [2.45, 2.75) is 161 Å². The standard InChI is InChI=1S/C44H75NO7/c1-6-8-10-12-14-16-18-20-21-23-24-26-28-30-32-34-42(46)51-39-40(38-50-37-36-41(44(48)49)45(3,4)5)52-43(47)35-33-31-29-27-25-22-19-17-15-13-11-9-7-2/h8,10,12,14,16,18,20-21,23-24,40-41H,6-7,9,11,13,15,17,19,22,25-39H2,1-5H3/b10-8+,14-12+,18-16+,21-20+,24-23+. The summed E-state index contributed by atoms with van der Waals surface area (Å²) in [4.78, 5) is 36.7. The molecule has 0 saturated carbocycles. The predicted molar refractivity (Wildman–Crippen MR) is 212 cm³/mol. The van der Waals surface area contributed by atoms with Gasteiger partial charge in [-0.3, -0.25) is 9.59 Å². The van der Waals surface area contributed by atoms with E-state index in [1.54, 1.807) is 21.1 Å². The first-order chi connectivity index (χ1) is 25.1. The van der Waals surface area contributed by atoms with E-state index in [1.807, 2.05) is 48.6 Å². The van der Waals surface area contributed by atoms with Crippen molar-refractivity contribution >= 4 is 17.9 Å². The van der Waals surface area contributed by atoms with Crippen molar-refractivity contribution in [3.63, 3.8) is 0 Å². The molecule has 0 rings (SSSR count). The van der Waals surface area contributed by atoms with Gasteiger partial charge in [-0.25, -0.2) is 0 Å². The topological polar surface area (TPSA) is 102 Å². The van der Waals surface area contributed by atoms with Gasteiger partial charge < -0.3 is 28.6 Å².